The SMILES string of the molecule is C#CCCCC(NCC)c1cc(C)nn1CC. The van der Waals surface area contributed by atoms with Crippen LogP contribution in [0, 0.1) is 19.3 Å². The molecule has 1 heterocycles. The van der Waals surface area contributed by atoms with E-state index in [0.717, 1.165) is 38.0 Å². The maximum Gasteiger partial charge on any atom is 0.0597 e. The van der Waals surface area contributed by atoms with Gasteiger partial charge in [0.05, 0.1) is 11.4 Å². The Morgan fingerprint density at radius 1 is 1.53 bits per heavy atom. The molecule has 94 valence electrons. The van der Waals surface area contributed by atoms with Crippen LogP contribution in [0.2, 0.25) is 0 Å². The molecule has 3 heteroatoms. The largest absolute Gasteiger partial charge is 0.309 e. The highest BCUT2D eigenvalue weighted by Crippen LogP contribution is 2.20. The third-order valence-corrected chi connectivity index (χ3v) is 2.85. The molecule has 1 aromatic rings. The minimum absolute atomic E-state index is 0.370. The number of aromatic nitrogens is 2. The Kier molecular flexibility index (Phi) is 5.79. The molecule has 3 nitrogen and oxygen atoms in total. The first-order valence-corrected chi connectivity index (χ1v) is 6.44. The second-order valence-electron chi connectivity index (χ2n) is 4.23. The van der Waals surface area contributed by atoms with Crippen molar-refractivity contribution in [3.8, 4) is 12.3 Å². The molecule has 1 N–H and O–H groups in total. The summed E-state index contributed by atoms with van der Waals surface area (Å²) in [4.78, 5) is 0. The van der Waals surface area contributed by atoms with Crippen molar-refractivity contribution < 1.29 is 0 Å². The summed E-state index contributed by atoms with van der Waals surface area (Å²) in [6.07, 6.45) is 8.28. The van der Waals surface area contributed by atoms with Gasteiger partial charge in [0.25, 0.3) is 0 Å². The molecule has 1 aromatic heterocycles. The van der Waals surface area contributed by atoms with E-state index < -0.39 is 0 Å². The second-order valence-corrected chi connectivity index (χ2v) is 4.23. The van der Waals surface area contributed by atoms with Crippen LogP contribution in [0.5, 0.6) is 0 Å². The van der Waals surface area contributed by atoms with E-state index in [-0.39, 0.29) is 0 Å². The van der Waals surface area contributed by atoms with Crippen LogP contribution >= 0.6 is 0 Å². The Labute approximate surface area is 105 Å². The Morgan fingerprint density at radius 3 is 2.88 bits per heavy atom. The summed E-state index contributed by atoms with van der Waals surface area (Å²) >= 11 is 0. The van der Waals surface area contributed by atoms with Crippen LogP contribution in [0.3, 0.4) is 0 Å². The standard InChI is InChI=1S/C14H23N3/c1-5-8-9-10-13(15-6-2)14-11-12(4)16-17(14)7-3/h1,11,13,15H,6-10H2,2-4H3. The minimum atomic E-state index is 0.370. The maximum absolute atomic E-state index is 5.30. The van der Waals surface area contributed by atoms with Gasteiger partial charge in [0.15, 0.2) is 0 Å². The van der Waals surface area contributed by atoms with E-state index in [1.807, 2.05) is 6.92 Å². The summed E-state index contributed by atoms with van der Waals surface area (Å²) in [5, 5.41) is 8.01. The highest BCUT2D eigenvalue weighted by atomic mass is 15.3. The van der Waals surface area contributed by atoms with Crippen LogP contribution in [0.1, 0.15) is 50.5 Å². The van der Waals surface area contributed by atoms with E-state index in [9.17, 15) is 0 Å². The molecular formula is C14H23N3. The summed E-state index contributed by atoms with van der Waals surface area (Å²) in [5.41, 5.74) is 2.37. The first-order valence-electron chi connectivity index (χ1n) is 6.44. The van der Waals surface area contributed by atoms with Gasteiger partial charge < -0.3 is 5.32 Å². The summed E-state index contributed by atoms with van der Waals surface area (Å²) in [5.74, 6) is 2.70. The molecule has 0 spiro atoms. The predicted octanol–water partition coefficient (Wildman–Crippen LogP) is 2.67. The zero-order chi connectivity index (χ0) is 12.7. The lowest BCUT2D eigenvalue weighted by Crippen LogP contribution is -2.23. The third-order valence-electron chi connectivity index (χ3n) is 2.85. The van der Waals surface area contributed by atoms with E-state index in [1.54, 1.807) is 0 Å². The fourth-order valence-corrected chi connectivity index (χ4v) is 2.11. The molecule has 0 aromatic carbocycles. The molecule has 0 aliphatic carbocycles. The summed E-state index contributed by atoms with van der Waals surface area (Å²) in [6.45, 7) is 8.18. The van der Waals surface area contributed by atoms with Gasteiger partial charge in [-0.1, -0.05) is 6.92 Å². The maximum atomic E-state index is 5.30. The molecule has 0 radical (unpaired) electrons. The Balaban J connectivity index is 2.77. The summed E-state index contributed by atoms with van der Waals surface area (Å²) in [7, 11) is 0. The molecule has 1 unspecified atom stereocenters. The van der Waals surface area contributed by atoms with Crippen molar-refractivity contribution in [3.05, 3.63) is 17.5 Å². The fraction of sp³-hybridized carbons (Fsp3) is 0.643. The summed E-state index contributed by atoms with van der Waals surface area (Å²) < 4.78 is 2.08. The highest BCUT2D eigenvalue weighted by Gasteiger charge is 2.15. The van der Waals surface area contributed by atoms with E-state index in [4.69, 9.17) is 6.42 Å². The number of nitrogens with zero attached hydrogens (tertiary/aromatic N) is 2. The highest BCUT2D eigenvalue weighted by molar-refractivity contribution is 5.13. The van der Waals surface area contributed by atoms with Crippen LogP contribution in [0.4, 0.5) is 0 Å². The van der Waals surface area contributed by atoms with Crippen molar-refractivity contribution in [2.45, 2.75) is 52.6 Å². The van der Waals surface area contributed by atoms with Gasteiger partial charge in [-0.05, 0) is 39.3 Å². The van der Waals surface area contributed by atoms with Crippen LogP contribution in [0.25, 0.3) is 0 Å². The quantitative estimate of drug-likeness (QED) is 0.579. The number of hydrogen-bond acceptors (Lipinski definition) is 2. The molecule has 0 saturated carbocycles. The van der Waals surface area contributed by atoms with E-state index in [1.165, 1.54) is 5.69 Å². The molecule has 0 saturated heterocycles. The average molecular weight is 233 g/mol. The van der Waals surface area contributed by atoms with E-state index >= 15 is 0 Å². The van der Waals surface area contributed by atoms with Gasteiger partial charge in [-0.15, -0.1) is 12.3 Å². The van der Waals surface area contributed by atoms with Crippen LogP contribution in [-0.4, -0.2) is 16.3 Å². The number of aryl methyl sites for hydroxylation is 2. The Morgan fingerprint density at radius 2 is 2.29 bits per heavy atom. The smallest absolute Gasteiger partial charge is 0.0597 e. The molecule has 0 aliphatic heterocycles. The van der Waals surface area contributed by atoms with Gasteiger partial charge >= 0.3 is 0 Å². The van der Waals surface area contributed by atoms with Gasteiger partial charge in [-0.25, -0.2) is 0 Å². The van der Waals surface area contributed by atoms with Crippen molar-refractivity contribution in [1.29, 1.82) is 0 Å². The van der Waals surface area contributed by atoms with Crippen molar-refractivity contribution in [1.82, 2.24) is 15.1 Å². The van der Waals surface area contributed by atoms with Crippen LogP contribution in [0.15, 0.2) is 6.07 Å². The third kappa shape index (κ3) is 3.90. The van der Waals surface area contributed by atoms with Gasteiger partial charge in [0.2, 0.25) is 0 Å². The molecule has 0 bridgehead atoms. The number of nitrogens with one attached hydrogen (secondary N) is 1. The number of hydrogen-bond donors (Lipinski definition) is 1. The Bertz CT molecular complexity index is 373. The zero-order valence-corrected chi connectivity index (χ0v) is 11.2. The molecule has 0 fully saturated rings. The lowest BCUT2D eigenvalue weighted by atomic mass is 10.1. The predicted molar refractivity (Wildman–Crippen MR) is 71.7 cm³/mol. The molecule has 0 aliphatic rings. The van der Waals surface area contributed by atoms with Gasteiger partial charge in [0.1, 0.15) is 0 Å². The second kappa shape index (κ2) is 7.13. The molecule has 17 heavy (non-hydrogen) atoms. The lowest BCUT2D eigenvalue weighted by Gasteiger charge is -2.18. The zero-order valence-electron chi connectivity index (χ0n) is 11.2. The van der Waals surface area contributed by atoms with Gasteiger partial charge in [-0.2, -0.15) is 5.10 Å². The normalized spacial score (nSPS) is 12.4. The topological polar surface area (TPSA) is 29.9 Å². The van der Waals surface area contributed by atoms with Crippen LogP contribution < -0.4 is 5.32 Å². The van der Waals surface area contributed by atoms with Gasteiger partial charge in [-0.3, -0.25) is 4.68 Å². The number of unbranched alkanes of at least 4 members (excludes halogenated alkanes) is 1. The van der Waals surface area contributed by atoms with Crippen molar-refractivity contribution >= 4 is 0 Å². The molecule has 0 amide bonds. The first kappa shape index (κ1) is 13.8. The van der Waals surface area contributed by atoms with Crippen molar-refractivity contribution in [2.75, 3.05) is 6.54 Å². The Hall–Kier alpha value is -1.27. The first-order chi connectivity index (χ1) is 8.22. The molecular weight excluding hydrogens is 210 g/mol. The molecule has 1 atom stereocenters. The van der Waals surface area contributed by atoms with Crippen molar-refractivity contribution in [3.63, 3.8) is 0 Å². The molecule has 1 rings (SSSR count). The van der Waals surface area contributed by atoms with E-state index in [0.29, 0.717) is 6.04 Å². The lowest BCUT2D eigenvalue weighted by molar-refractivity contribution is 0.457. The minimum Gasteiger partial charge on any atom is -0.309 e. The monoisotopic (exact) mass is 233 g/mol. The summed E-state index contributed by atoms with van der Waals surface area (Å²) in [6, 6.07) is 2.54. The van der Waals surface area contributed by atoms with Gasteiger partial charge in [0, 0.05) is 19.0 Å². The average Bonchev–Trinajstić information content (AvgIpc) is 2.69. The van der Waals surface area contributed by atoms with Crippen molar-refractivity contribution in [2.24, 2.45) is 0 Å². The number of terminal acetylenes is 1. The van der Waals surface area contributed by atoms with E-state index in [2.05, 4.69) is 40.9 Å². The number of rotatable bonds is 7. The van der Waals surface area contributed by atoms with Crippen LogP contribution in [-0.2, 0) is 6.54 Å². The fourth-order valence-electron chi connectivity index (χ4n) is 2.11.